The number of guanidine groups is 1. The van der Waals surface area contributed by atoms with Gasteiger partial charge < -0.3 is 10.6 Å². The van der Waals surface area contributed by atoms with Crippen LogP contribution in [0.5, 0.6) is 0 Å². The lowest BCUT2D eigenvalue weighted by molar-refractivity contribution is 0.858. The third-order valence-corrected chi connectivity index (χ3v) is 4.80. The predicted molar refractivity (Wildman–Crippen MR) is 112 cm³/mol. The lowest BCUT2D eigenvalue weighted by Crippen LogP contribution is -2.37. The smallest absolute Gasteiger partial charge is 0.192 e. The maximum Gasteiger partial charge on any atom is 0.192 e. The zero-order chi connectivity index (χ0) is 15.8. The molecule has 0 aliphatic heterocycles. The highest BCUT2D eigenvalue weighted by Gasteiger charge is 2.06. The minimum absolute atomic E-state index is 0. The van der Waals surface area contributed by atoms with Crippen LogP contribution in [0.2, 0.25) is 0 Å². The molecule has 0 amide bonds. The van der Waals surface area contributed by atoms with Crippen molar-refractivity contribution in [3.8, 4) is 22.9 Å². The molecule has 0 spiro atoms. The molecule has 23 heavy (non-hydrogen) atoms. The van der Waals surface area contributed by atoms with Crippen molar-refractivity contribution >= 4 is 52.6 Å². The molecule has 2 rings (SSSR count). The molecule has 7 heteroatoms. The fourth-order valence-corrected chi connectivity index (χ4v) is 3.53. The van der Waals surface area contributed by atoms with Crippen molar-refractivity contribution in [1.29, 1.82) is 0 Å². The number of aryl methyl sites for hydroxylation is 1. The molecule has 0 atom stereocenters. The maximum absolute atomic E-state index is 5.25. The second-order valence-electron chi connectivity index (χ2n) is 4.59. The van der Waals surface area contributed by atoms with E-state index in [2.05, 4.69) is 44.0 Å². The highest BCUT2D eigenvalue weighted by atomic mass is 127. The Hall–Kier alpha value is -1.11. The van der Waals surface area contributed by atoms with Gasteiger partial charge in [0.25, 0.3) is 0 Å². The van der Waals surface area contributed by atoms with Gasteiger partial charge in [0.1, 0.15) is 0 Å². The number of thiazole rings is 1. The number of halogens is 1. The average Bonchev–Trinajstić information content (AvgIpc) is 3.13. The summed E-state index contributed by atoms with van der Waals surface area (Å²) in [4.78, 5) is 11.6. The minimum Gasteiger partial charge on any atom is -0.357 e. The van der Waals surface area contributed by atoms with Crippen molar-refractivity contribution < 1.29 is 0 Å². The first-order valence-electron chi connectivity index (χ1n) is 7.19. The van der Waals surface area contributed by atoms with Gasteiger partial charge in [0.15, 0.2) is 5.96 Å². The Morgan fingerprint density at radius 2 is 2.22 bits per heavy atom. The van der Waals surface area contributed by atoms with Crippen LogP contribution in [0.3, 0.4) is 0 Å². The van der Waals surface area contributed by atoms with Crippen LogP contribution < -0.4 is 10.6 Å². The summed E-state index contributed by atoms with van der Waals surface area (Å²) in [6.45, 7) is 6.11. The molecule has 0 aliphatic carbocycles. The zero-order valence-electron chi connectivity index (χ0n) is 13.3. The molecule has 0 bridgehead atoms. The number of nitrogens with zero attached hydrogens (tertiary/aromatic N) is 2. The van der Waals surface area contributed by atoms with E-state index in [1.165, 1.54) is 9.75 Å². The first-order valence-corrected chi connectivity index (χ1v) is 8.89. The third-order valence-electron chi connectivity index (χ3n) is 2.86. The van der Waals surface area contributed by atoms with E-state index in [1.807, 2.05) is 13.8 Å². The number of nitrogens with one attached hydrogen (secondary N) is 2. The zero-order valence-corrected chi connectivity index (χ0v) is 17.2. The van der Waals surface area contributed by atoms with E-state index in [-0.39, 0.29) is 24.0 Å². The van der Waals surface area contributed by atoms with Crippen LogP contribution in [0.1, 0.15) is 16.8 Å². The topological polar surface area (TPSA) is 49.3 Å². The van der Waals surface area contributed by atoms with Crippen LogP contribution in [0.4, 0.5) is 0 Å². The van der Waals surface area contributed by atoms with Crippen molar-refractivity contribution in [1.82, 2.24) is 15.6 Å². The molecular formula is C16H21IN4S2. The summed E-state index contributed by atoms with van der Waals surface area (Å²) in [6.07, 6.45) is 6.17. The number of aliphatic imine (C=N–C) groups is 1. The number of rotatable bonds is 6. The van der Waals surface area contributed by atoms with Crippen molar-refractivity contribution in [3.05, 3.63) is 27.4 Å². The minimum atomic E-state index is 0. The summed E-state index contributed by atoms with van der Waals surface area (Å²) in [6, 6.07) is 4.30. The number of thiophene rings is 1. The Kier molecular flexibility index (Phi) is 9.21. The number of terminal acetylenes is 1. The van der Waals surface area contributed by atoms with Gasteiger partial charge in [-0.25, -0.2) is 4.98 Å². The molecule has 2 aromatic heterocycles. The van der Waals surface area contributed by atoms with E-state index < -0.39 is 0 Å². The molecule has 0 aliphatic rings. The summed E-state index contributed by atoms with van der Waals surface area (Å²) in [5, 5.41) is 9.47. The van der Waals surface area contributed by atoms with Crippen molar-refractivity contribution in [2.75, 3.05) is 19.6 Å². The van der Waals surface area contributed by atoms with Gasteiger partial charge >= 0.3 is 0 Å². The predicted octanol–water partition coefficient (Wildman–Crippen LogP) is 3.53. The number of hydrogen-bond donors (Lipinski definition) is 2. The standard InChI is InChI=1S/C16H20N4S2.HI/c1-4-9-18-16(17-5-2)19-10-8-13-6-7-15(22-13)14-11-21-12(3)20-14;/h1,6-7,11H,5,8-10H2,2-3H3,(H2,17,18,19);1H. The van der Waals surface area contributed by atoms with Crippen LogP contribution in [0.15, 0.2) is 22.5 Å². The van der Waals surface area contributed by atoms with Gasteiger partial charge in [-0.1, -0.05) is 5.92 Å². The summed E-state index contributed by atoms with van der Waals surface area (Å²) in [5.74, 6) is 3.32. The third kappa shape index (κ3) is 6.49. The molecule has 4 nitrogen and oxygen atoms in total. The lowest BCUT2D eigenvalue weighted by atomic mass is 10.3. The van der Waals surface area contributed by atoms with Crippen molar-refractivity contribution in [3.63, 3.8) is 0 Å². The maximum atomic E-state index is 5.25. The fraction of sp³-hybridized carbons (Fsp3) is 0.375. The average molecular weight is 460 g/mol. The van der Waals surface area contributed by atoms with Gasteiger partial charge in [-0.15, -0.1) is 53.1 Å². The summed E-state index contributed by atoms with van der Waals surface area (Å²) >= 11 is 3.47. The van der Waals surface area contributed by atoms with Crippen LogP contribution in [-0.2, 0) is 6.42 Å². The van der Waals surface area contributed by atoms with Gasteiger partial charge in [0.2, 0.25) is 0 Å². The SMILES string of the molecule is C#CCNC(=NCCc1ccc(-c2csc(C)n2)s1)NCC.I. The van der Waals surface area contributed by atoms with Gasteiger partial charge in [0, 0.05) is 29.8 Å². The van der Waals surface area contributed by atoms with Gasteiger partial charge in [0.05, 0.1) is 22.1 Å². The second kappa shape index (κ2) is 10.6. The second-order valence-corrected chi connectivity index (χ2v) is 6.82. The van der Waals surface area contributed by atoms with E-state index in [0.717, 1.165) is 36.2 Å². The number of aromatic nitrogens is 1. The summed E-state index contributed by atoms with van der Waals surface area (Å²) in [5.41, 5.74) is 1.08. The molecule has 2 heterocycles. The highest BCUT2D eigenvalue weighted by Crippen LogP contribution is 2.29. The number of hydrogen-bond acceptors (Lipinski definition) is 4. The first-order chi connectivity index (χ1) is 10.7. The van der Waals surface area contributed by atoms with Crippen LogP contribution >= 0.6 is 46.7 Å². The molecule has 0 radical (unpaired) electrons. The molecule has 0 saturated carbocycles. The Bertz CT molecular complexity index is 670. The Labute approximate surface area is 162 Å². The van der Waals surface area contributed by atoms with E-state index in [0.29, 0.717) is 6.54 Å². The fourth-order valence-electron chi connectivity index (χ4n) is 1.88. The Morgan fingerprint density at radius 3 is 2.87 bits per heavy atom. The quantitative estimate of drug-likeness (QED) is 0.300. The molecule has 0 fully saturated rings. The molecule has 0 unspecified atom stereocenters. The van der Waals surface area contributed by atoms with E-state index in [4.69, 9.17) is 6.42 Å². The van der Waals surface area contributed by atoms with Gasteiger partial charge in [-0.2, -0.15) is 0 Å². The van der Waals surface area contributed by atoms with Gasteiger partial charge in [-0.05, 0) is 26.0 Å². The largest absolute Gasteiger partial charge is 0.357 e. The van der Waals surface area contributed by atoms with Gasteiger partial charge in [-0.3, -0.25) is 4.99 Å². The monoisotopic (exact) mass is 460 g/mol. The Morgan fingerprint density at radius 1 is 1.39 bits per heavy atom. The van der Waals surface area contributed by atoms with Crippen LogP contribution in [0, 0.1) is 19.3 Å². The van der Waals surface area contributed by atoms with Crippen molar-refractivity contribution in [2.45, 2.75) is 20.3 Å². The van der Waals surface area contributed by atoms with Crippen molar-refractivity contribution in [2.24, 2.45) is 4.99 Å². The Balaban J connectivity index is 0.00000264. The molecular weight excluding hydrogens is 439 g/mol. The van der Waals surface area contributed by atoms with Crippen LogP contribution in [0.25, 0.3) is 10.6 Å². The molecule has 0 saturated heterocycles. The lowest BCUT2D eigenvalue weighted by Gasteiger charge is -2.08. The summed E-state index contributed by atoms with van der Waals surface area (Å²) in [7, 11) is 0. The van der Waals surface area contributed by atoms with Crippen LogP contribution in [-0.4, -0.2) is 30.6 Å². The molecule has 2 N–H and O–H groups in total. The van der Waals surface area contributed by atoms with E-state index in [1.54, 1.807) is 22.7 Å². The molecule has 124 valence electrons. The molecule has 2 aromatic rings. The highest BCUT2D eigenvalue weighted by molar-refractivity contribution is 14.0. The first kappa shape index (κ1) is 19.9. The van der Waals surface area contributed by atoms with E-state index in [9.17, 15) is 0 Å². The van der Waals surface area contributed by atoms with E-state index >= 15 is 0 Å². The normalized spacial score (nSPS) is 10.7. The summed E-state index contributed by atoms with van der Waals surface area (Å²) < 4.78 is 0. The molecule has 0 aromatic carbocycles.